The van der Waals surface area contributed by atoms with Crippen molar-refractivity contribution in [3.8, 4) is 5.69 Å². The van der Waals surface area contributed by atoms with Crippen LogP contribution in [0.5, 0.6) is 0 Å². The lowest BCUT2D eigenvalue weighted by Gasteiger charge is -2.11. The van der Waals surface area contributed by atoms with Crippen molar-refractivity contribution in [1.29, 1.82) is 0 Å². The Labute approximate surface area is 197 Å². The van der Waals surface area contributed by atoms with Crippen LogP contribution in [0.15, 0.2) is 70.8 Å². The van der Waals surface area contributed by atoms with Crippen molar-refractivity contribution in [3.63, 3.8) is 0 Å². The van der Waals surface area contributed by atoms with E-state index in [0.717, 1.165) is 47.6 Å². The first kappa shape index (κ1) is 24.1. The normalized spacial score (nSPS) is 11.1. The molecule has 2 aromatic carbocycles. The second-order valence-electron chi connectivity index (χ2n) is 6.23. The van der Waals surface area contributed by atoms with Crippen LogP contribution in [-0.2, 0) is 6.54 Å². The molecular weight excluding hydrogens is 514 g/mol. The van der Waals surface area contributed by atoms with Crippen molar-refractivity contribution in [3.05, 3.63) is 72.6 Å². The van der Waals surface area contributed by atoms with Crippen molar-refractivity contribution in [2.75, 3.05) is 18.8 Å². The molecule has 0 saturated heterocycles. The van der Waals surface area contributed by atoms with Crippen LogP contribution in [0, 0.1) is 5.82 Å². The summed E-state index contributed by atoms with van der Waals surface area (Å²) >= 11 is 1.72. The molecule has 6 nitrogen and oxygen atoms in total. The molecule has 0 aliphatic rings. The molecule has 0 fully saturated rings. The number of halogens is 2. The van der Waals surface area contributed by atoms with Crippen LogP contribution in [0.25, 0.3) is 5.69 Å². The van der Waals surface area contributed by atoms with E-state index in [1.807, 2.05) is 54.0 Å². The summed E-state index contributed by atoms with van der Waals surface area (Å²) in [5, 5.41) is 14.8. The molecule has 30 heavy (non-hydrogen) atoms. The number of guanidine groups is 1. The third kappa shape index (κ3) is 7.60. The average Bonchev–Trinajstić information content (AvgIpc) is 3.22. The lowest BCUT2D eigenvalue weighted by molar-refractivity contribution is 0.626. The lowest BCUT2D eigenvalue weighted by atomic mass is 10.3. The third-order valence-corrected chi connectivity index (χ3v) is 5.17. The molecule has 0 atom stereocenters. The first-order valence-corrected chi connectivity index (χ1v) is 10.6. The summed E-state index contributed by atoms with van der Waals surface area (Å²) in [4.78, 5) is 5.71. The summed E-state index contributed by atoms with van der Waals surface area (Å²) in [6, 6.07) is 16.6. The zero-order chi connectivity index (χ0) is 20.3. The van der Waals surface area contributed by atoms with Gasteiger partial charge in [0.25, 0.3) is 0 Å². The minimum Gasteiger partial charge on any atom is -0.357 e. The monoisotopic (exact) mass is 540 g/mol. The second kappa shape index (κ2) is 13.2. The standard InChI is InChI=1S/C21H25FN6S.HI/c1-2-23-21(24-13-6-14-29-19-11-9-17(22)10-12-19)25-15-20-27-26-16-28(20)18-7-4-3-5-8-18;/h3-5,7-12,16H,2,6,13-15H2,1H3,(H2,23,24,25);1H. The maximum Gasteiger partial charge on any atom is 0.191 e. The Hall–Kier alpha value is -2.14. The Morgan fingerprint density at radius 3 is 2.60 bits per heavy atom. The number of para-hydroxylation sites is 1. The number of benzene rings is 2. The zero-order valence-electron chi connectivity index (χ0n) is 16.8. The summed E-state index contributed by atoms with van der Waals surface area (Å²) in [6.45, 7) is 4.04. The number of rotatable bonds is 9. The van der Waals surface area contributed by atoms with Gasteiger partial charge in [0, 0.05) is 23.7 Å². The van der Waals surface area contributed by atoms with Crippen LogP contribution in [0.1, 0.15) is 19.2 Å². The Morgan fingerprint density at radius 1 is 1.10 bits per heavy atom. The smallest absolute Gasteiger partial charge is 0.191 e. The highest BCUT2D eigenvalue weighted by molar-refractivity contribution is 14.0. The number of aromatic nitrogens is 3. The largest absolute Gasteiger partial charge is 0.357 e. The highest BCUT2D eigenvalue weighted by Gasteiger charge is 2.06. The summed E-state index contributed by atoms with van der Waals surface area (Å²) < 4.78 is 14.9. The third-order valence-electron chi connectivity index (χ3n) is 4.07. The van der Waals surface area contributed by atoms with Gasteiger partial charge >= 0.3 is 0 Å². The quantitative estimate of drug-likeness (QED) is 0.140. The van der Waals surface area contributed by atoms with Gasteiger partial charge in [-0.2, -0.15) is 0 Å². The van der Waals surface area contributed by atoms with Crippen molar-refractivity contribution in [2.24, 2.45) is 4.99 Å². The molecule has 0 aliphatic heterocycles. The van der Waals surface area contributed by atoms with E-state index in [-0.39, 0.29) is 29.8 Å². The van der Waals surface area contributed by atoms with Crippen molar-refractivity contribution >= 4 is 41.7 Å². The van der Waals surface area contributed by atoms with E-state index >= 15 is 0 Å². The minimum absolute atomic E-state index is 0. The highest BCUT2D eigenvalue weighted by Crippen LogP contribution is 2.18. The Bertz CT molecular complexity index is 901. The fourth-order valence-electron chi connectivity index (χ4n) is 2.66. The molecule has 3 aromatic rings. The molecule has 0 amide bonds. The minimum atomic E-state index is -0.203. The molecule has 2 N–H and O–H groups in total. The number of hydrogen-bond acceptors (Lipinski definition) is 4. The first-order valence-electron chi connectivity index (χ1n) is 9.61. The molecule has 0 radical (unpaired) electrons. The predicted molar refractivity (Wildman–Crippen MR) is 131 cm³/mol. The van der Waals surface area contributed by atoms with Crippen LogP contribution >= 0.6 is 35.7 Å². The molecule has 9 heteroatoms. The molecular formula is C21H26FIN6S. The molecule has 0 unspecified atom stereocenters. The zero-order valence-corrected chi connectivity index (χ0v) is 19.9. The van der Waals surface area contributed by atoms with Crippen LogP contribution in [0.3, 0.4) is 0 Å². The number of nitrogens with one attached hydrogen (secondary N) is 2. The molecule has 3 rings (SSSR count). The van der Waals surface area contributed by atoms with E-state index in [1.165, 1.54) is 12.1 Å². The summed E-state index contributed by atoms with van der Waals surface area (Å²) in [5.74, 6) is 2.27. The summed E-state index contributed by atoms with van der Waals surface area (Å²) in [6.07, 6.45) is 2.67. The van der Waals surface area contributed by atoms with Gasteiger partial charge in [-0.25, -0.2) is 9.38 Å². The Kier molecular flexibility index (Phi) is 10.6. The Balaban J connectivity index is 0.00000320. The van der Waals surface area contributed by atoms with E-state index in [1.54, 1.807) is 18.1 Å². The Morgan fingerprint density at radius 2 is 1.87 bits per heavy atom. The van der Waals surface area contributed by atoms with Crippen LogP contribution in [0.2, 0.25) is 0 Å². The molecule has 1 heterocycles. The van der Waals surface area contributed by atoms with Gasteiger partial charge in [0.15, 0.2) is 11.8 Å². The van der Waals surface area contributed by atoms with E-state index in [9.17, 15) is 4.39 Å². The maximum atomic E-state index is 12.9. The fraction of sp³-hybridized carbons (Fsp3) is 0.286. The maximum absolute atomic E-state index is 12.9. The number of hydrogen-bond donors (Lipinski definition) is 2. The lowest BCUT2D eigenvalue weighted by Crippen LogP contribution is -2.38. The summed E-state index contributed by atoms with van der Waals surface area (Å²) in [7, 11) is 0. The van der Waals surface area contributed by atoms with Crippen LogP contribution < -0.4 is 10.6 Å². The van der Waals surface area contributed by atoms with Crippen LogP contribution in [0.4, 0.5) is 4.39 Å². The molecule has 0 spiro atoms. The van der Waals surface area contributed by atoms with Gasteiger partial charge in [-0.3, -0.25) is 4.57 Å². The summed E-state index contributed by atoms with van der Waals surface area (Å²) in [5.41, 5.74) is 1.01. The SMILES string of the molecule is CCNC(=NCc1nncn1-c1ccccc1)NCCCSc1ccc(F)cc1.I. The topological polar surface area (TPSA) is 67.1 Å². The molecule has 0 bridgehead atoms. The van der Waals surface area contributed by atoms with Gasteiger partial charge in [-0.05, 0) is 55.5 Å². The van der Waals surface area contributed by atoms with Gasteiger partial charge < -0.3 is 10.6 Å². The van der Waals surface area contributed by atoms with Gasteiger partial charge in [0.1, 0.15) is 18.7 Å². The van der Waals surface area contributed by atoms with Gasteiger partial charge in [-0.1, -0.05) is 18.2 Å². The molecule has 1 aromatic heterocycles. The van der Waals surface area contributed by atoms with E-state index in [4.69, 9.17) is 0 Å². The van der Waals surface area contributed by atoms with Crippen molar-refractivity contribution in [1.82, 2.24) is 25.4 Å². The second-order valence-corrected chi connectivity index (χ2v) is 7.40. The van der Waals surface area contributed by atoms with Crippen molar-refractivity contribution < 1.29 is 4.39 Å². The number of nitrogens with zero attached hydrogens (tertiary/aromatic N) is 4. The predicted octanol–water partition coefficient (Wildman–Crippen LogP) is 4.26. The van der Waals surface area contributed by atoms with Crippen LogP contribution in [-0.4, -0.2) is 39.6 Å². The molecule has 0 aliphatic carbocycles. The fourth-order valence-corrected chi connectivity index (χ4v) is 3.52. The number of aliphatic imine (C=N–C) groups is 1. The molecule has 0 saturated carbocycles. The van der Waals surface area contributed by atoms with Crippen molar-refractivity contribution in [2.45, 2.75) is 24.8 Å². The van der Waals surface area contributed by atoms with E-state index in [0.29, 0.717) is 6.54 Å². The first-order chi connectivity index (χ1) is 14.3. The van der Waals surface area contributed by atoms with E-state index in [2.05, 4.69) is 25.8 Å². The number of thioether (sulfide) groups is 1. The highest BCUT2D eigenvalue weighted by atomic mass is 127. The van der Waals surface area contributed by atoms with E-state index < -0.39 is 0 Å². The van der Waals surface area contributed by atoms with Gasteiger partial charge in [0.05, 0.1) is 0 Å². The molecule has 160 valence electrons. The van der Waals surface area contributed by atoms with Gasteiger partial charge in [-0.15, -0.1) is 45.9 Å². The van der Waals surface area contributed by atoms with Gasteiger partial charge in [0.2, 0.25) is 0 Å². The average molecular weight is 540 g/mol.